The molecule has 1 heterocycles. The maximum Gasteiger partial charge on any atom is 0.433 e. The molecule has 1 aromatic rings. The van der Waals surface area contributed by atoms with Crippen LogP contribution in [0, 0.1) is 0 Å². The largest absolute Gasteiger partial charge is 0.504 e. The zero-order chi connectivity index (χ0) is 15.2. The third-order valence-corrected chi connectivity index (χ3v) is 2.10. The summed E-state index contributed by atoms with van der Waals surface area (Å²) in [5, 5.41) is 0. The summed E-state index contributed by atoms with van der Waals surface area (Å²) in [6.45, 7) is -0.325. The molecule has 20 heavy (non-hydrogen) atoms. The second-order valence-corrected chi connectivity index (χ2v) is 3.52. The van der Waals surface area contributed by atoms with Crippen LogP contribution in [0.3, 0.4) is 0 Å². The molecule has 0 unspecified atom stereocenters. The third-order valence-electron chi connectivity index (χ3n) is 2.10. The van der Waals surface area contributed by atoms with Crippen molar-refractivity contribution in [2.45, 2.75) is 6.18 Å². The Hall–Kier alpha value is -2.25. The number of pyridine rings is 1. The second kappa shape index (κ2) is 6.78. The fraction of sp³-hybridized carbons (Fsp3) is 0.333. The van der Waals surface area contributed by atoms with Gasteiger partial charge in [-0.1, -0.05) is 6.07 Å². The Bertz CT molecular complexity index is 500. The molecule has 110 valence electrons. The Kier molecular flexibility index (Phi) is 5.36. The first kappa shape index (κ1) is 15.8. The van der Waals surface area contributed by atoms with Crippen molar-refractivity contribution in [2.75, 3.05) is 20.8 Å². The van der Waals surface area contributed by atoms with Gasteiger partial charge in [-0.15, -0.1) is 0 Å². The fourth-order valence-corrected chi connectivity index (χ4v) is 1.22. The van der Waals surface area contributed by atoms with Gasteiger partial charge in [-0.25, -0.2) is 9.78 Å². The molecule has 1 aromatic heterocycles. The highest BCUT2D eigenvalue weighted by Crippen LogP contribution is 2.28. The summed E-state index contributed by atoms with van der Waals surface area (Å²) >= 11 is 0. The van der Waals surface area contributed by atoms with Crippen LogP contribution in [0.4, 0.5) is 13.2 Å². The minimum absolute atomic E-state index is 0.00853. The van der Waals surface area contributed by atoms with Crippen molar-refractivity contribution in [1.29, 1.82) is 0 Å². The Labute approximate surface area is 113 Å². The minimum atomic E-state index is -4.56. The third kappa shape index (κ3) is 4.45. The van der Waals surface area contributed by atoms with Crippen molar-refractivity contribution < 1.29 is 32.2 Å². The molecule has 0 N–H and O–H groups in total. The fourth-order valence-electron chi connectivity index (χ4n) is 1.22. The van der Waals surface area contributed by atoms with Crippen molar-refractivity contribution >= 4 is 5.97 Å². The summed E-state index contributed by atoms with van der Waals surface area (Å²) in [7, 11) is 2.47. The van der Waals surface area contributed by atoms with Gasteiger partial charge in [0.1, 0.15) is 17.9 Å². The molecule has 1 rings (SSSR count). The highest BCUT2D eigenvalue weighted by Gasteiger charge is 2.32. The summed E-state index contributed by atoms with van der Waals surface area (Å²) in [6.07, 6.45) is -3.48. The summed E-state index contributed by atoms with van der Waals surface area (Å²) in [5.41, 5.74) is -1.07. The lowest BCUT2D eigenvalue weighted by molar-refractivity contribution is -0.141. The van der Waals surface area contributed by atoms with Gasteiger partial charge in [0.25, 0.3) is 0 Å². The monoisotopic (exact) mass is 291 g/mol. The summed E-state index contributed by atoms with van der Waals surface area (Å²) in [4.78, 5) is 14.6. The minimum Gasteiger partial charge on any atom is -0.504 e. The normalized spacial score (nSPS) is 11.9. The van der Waals surface area contributed by atoms with Gasteiger partial charge in [-0.05, 0) is 6.07 Å². The number of methoxy groups -OCH3 is 2. The lowest BCUT2D eigenvalue weighted by Gasteiger charge is -2.10. The number of carbonyl (C=O) groups excluding carboxylic acids is 1. The molecule has 5 nitrogen and oxygen atoms in total. The van der Waals surface area contributed by atoms with Crippen molar-refractivity contribution in [3.8, 4) is 5.88 Å². The lowest BCUT2D eigenvalue weighted by atomic mass is 10.3. The molecular weight excluding hydrogens is 279 g/mol. The van der Waals surface area contributed by atoms with Gasteiger partial charge in [-0.2, -0.15) is 13.2 Å². The highest BCUT2D eigenvalue weighted by molar-refractivity contribution is 5.88. The van der Waals surface area contributed by atoms with Gasteiger partial charge in [0, 0.05) is 6.07 Å². The number of hydrogen-bond donors (Lipinski definition) is 0. The molecule has 0 amide bonds. The van der Waals surface area contributed by atoms with E-state index in [0.29, 0.717) is 0 Å². The van der Waals surface area contributed by atoms with E-state index in [4.69, 9.17) is 4.74 Å². The zero-order valence-corrected chi connectivity index (χ0v) is 10.7. The van der Waals surface area contributed by atoms with Crippen molar-refractivity contribution in [1.82, 2.24) is 4.98 Å². The zero-order valence-electron chi connectivity index (χ0n) is 10.7. The number of rotatable bonds is 5. The molecule has 0 atom stereocenters. The average molecular weight is 291 g/mol. The molecule has 0 saturated heterocycles. The van der Waals surface area contributed by atoms with Crippen LogP contribution >= 0.6 is 0 Å². The predicted molar refractivity (Wildman–Crippen MR) is 61.8 cm³/mol. The smallest absolute Gasteiger partial charge is 0.433 e. The molecule has 0 saturated carbocycles. The van der Waals surface area contributed by atoms with Crippen LogP contribution in [0.2, 0.25) is 0 Å². The van der Waals surface area contributed by atoms with Gasteiger partial charge < -0.3 is 14.2 Å². The van der Waals surface area contributed by atoms with Crippen molar-refractivity contribution in [3.63, 3.8) is 0 Å². The molecule has 0 fully saturated rings. The van der Waals surface area contributed by atoms with Crippen molar-refractivity contribution in [2.24, 2.45) is 0 Å². The molecule has 8 heteroatoms. The molecular formula is C12H12F3NO4. The Balaban J connectivity index is 2.79. The van der Waals surface area contributed by atoms with Crippen molar-refractivity contribution in [3.05, 3.63) is 35.7 Å². The first-order chi connectivity index (χ1) is 9.38. The Morgan fingerprint density at radius 3 is 2.60 bits per heavy atom. The lowest BCUT2D eigenvalue weighted by Crippen LogP contribution is -2.14. The van der Waals surface area contributed by atoms with Crippen LogP contribution in [0.15, 0.2) is 30.0 Å². The van der Waals surface area contributed by atoms with E-state index in [1.807, 2.05) is 0 Å². The number of nitrogens with zero attached hydrogens (tertiary/aromatic N) is 1. The maximum atomic E-state index is 12.4. The van der Waals surface area contributed by atoms with Gasteiger partial charge >= 0.3 is 12.1 Å². The first-order valence-corrected chi connectivity index (χ1v) is 5.35. The van der Waals surface area contributed by atoms with E-state index in [2.05, 4.69) is 14.5 Å². The van der Waals surface area contributed by atoms with Crippen LogP contribution in [-0.2, 0) is 20.4 Å². The summed E-state index contributed by atoms with van der Waals surface area (Å²) in [6, 6.07) is 3.22. The van der Waals surface area contributed by atoms with Gasteiger partial charge in [0.15, 0.2) is 0 Å². The van der Waals surface area contributed by atoms with Crippen LogP contribution in [0.5, 0.6) is 5.88 Å². The van der Waals surface area contributed by atoms with E-state index in [1.54, 1.807) is 0 Å². The highest BCUT2D eigenvalue weighted by atomic mass is 19.4. The quantitative estimate of drug-likeness (QED) is 0.473. The maximum absolute atomic E-state index is 12.4. The topological polar surface area (TPSA) is 57.7 Å². The number of halogens is 3. The van der Waals surface area contributed by atoms with Crippen LogP contribution in [0.1, 0.15) is 5.69 Å². The van der Waals surface area contributed by atoms with E-state index in [-0.39, 0.29) is 18.1 Å². The van der Waals surface area contributed by atoms with E-state index < -0.39 is 17.8 Å². The first-order valence-electron chi connectivity index (χ1n) is 5.35. The van der Waals surface area contributed by atoms with Gasteiger partial charge in [-0.3, -0.25) is 0 Å². The number of hydrogen-bond acceptors (Lipinski definition) is 5. The molecule has 0 aromatic carbocycles. The number of aromatic nitrogens is 1. The predicted octanol–water partition coefficient (Wildman–Crippen LogP) is 2.18. The molecule has 0 radical (unpaired) electrons. The van der Waals surface area contributed by atoms with E-state index >= 15 is 0 Å². The van der Waals surface area contributed by atoms with Gasteiger partial charge in [0.2, 0.25) is 5.88 Å². The number of carbonyl (C=O) groups is 1. The number of esters is 1. The number of ether oxygens (including phenoxy) is 3. The molecule has 0 spiro atoms. The Morgan fingerprint density at radius 1 is 1.35 bits per heavy atom. The average Bonchev–Trinajstić information content (AvgIpc) is 2.42. The van der Waals surface area contributed by atoms with E-state index in [9.17, 15) is 18.0 Å². The van der Waals surface area contributed by atoms with E-state index in [0.717, 1.165) is 25.5 Å². The molecule has 0 aliphatic rings. The van der Waals surface area contributed by atoms with Gasteiger partial charge in [0.05, 0.1) is 20.5 Å². The summed E-state index contributed by atoms with van der Waals surface area (Å²) < 4.78 is 51.5. The standard InChI is InChI=1S/C12H12F3NO4/c1-18-6-8(11(17)19-2)7-20-10-5-3-4-9(16-10)12(13,14)15/h3-6H,7H2,1-2H3. The van der Waals surface area contributed by atoms with Crippen LogP contribution in [-0.4, -0.2) is 31.8 Å². The second-order valence-electron chi connectivity index (χ2n) is 3.52. The van der Waals surface area contributed by atoms with Crippen LogP contribution < -0.4 is 4.74 Å². The SMILES string of the molecule is COC=C(COc1cccc(C(F)(F)F)n1)C(=O)OC. The molecule has 0 aliphatic carbocycles. The molecule has 0 bridgehead atoms. The Morgan fingerprint density at radius 2 is 2.05 bits per heavy atom. The summed E-state index contributed by atoms with van der Waals surface area (Å²) in [5.74, 6) is -0.968. The number of alkyl halides is 3. The van der Waals surface area contributed by atoms with E-state index in [1.165, 1.54) is 13.2 Å². The van der Waals surface area contributed by atoms with Crippen LogP contribution in [0.25, 0.3) is 0 Å². The molecule has 0 aliphatic heterocycles.